The van der Waals surface area contributed by atoms with E-state index in [1.165, 1.54) is 10.6 Å². The molecule has 0 N–H and O–H groups in total. The lowest BCUT2D eigenvalue weighted by Crippen LogP contribution is -2.53. The number of urea groups is 1. The molecular weight excluding hydrogens is 358 g/mol. The highest BCUT2D eigenvalue weighted by molar-refractivity contribution is 7.88. The molecule has 2 saturated heterocycles. The van der Waals surface area contributed by atoms with Crippen LogP contribution in [0, 0.1) is 0 Å². The van der Waals surface area contributed by atoms with Gasteiger partial charge in [0, 0.05) is 45.2 Å². The number of amides is 2. The first-order valence-corrected chi connectivity index (χ1v) is 11.0. The highest BCUT2D eigenvalue weighted by Gasteiger charge is 2.38. The van der Waals surface area contributed by atoms with Gasteiger partial charge in [0.2, 0.25) is 15.9 Å². The summed E-state index contributed by atoms with van der Waals surface area (Å²) >= 11 is 0. The van der Waals surface area contributed by atoms with Gasteiger partial charge in [0.05, 0.1) is 12.2 Å². The molecule has 0 saturated carbocycles. The third-order valence-corrected chi connectivity index (χ3v) is 6.58. The first-order valence-electron chi connectivity index (χ1n) is 9.15. The maximum Gasteiger partial charge on any atom is 0.320 e. The third kappa shape index (κ3) is 3.85. The lowest BCUT2D eigenvalue weighted by molar-refractivity contribution is 0.107. The summed E-state index contributed by atoms with van der Waals surface area (Å²) in [6, 6.07) is 0.0548. The standard InChI is InChI=1S/C16H27N5O4S/c1-4-19(5-2)16(22)20-10-13(11-20)15-17-14(18-25-15)12-6-8-21(9-7-12)26(3,23)24/h12-13H,4-11H2,1-3H3. The molecule has 0 bridgehead atoms. The first kappa shape index (κ1) is 19.1. The van der Waals surface area contributed by atoms with Crippen LogP contribution < -0.4 is 0 Å². The highest BCUT2D eigenvalue weighted by Crippen LogP contribution is 2.31. The number of hydrogen-bond acceptors (Lipinski definition) is 6. The number of carbonyl (C=O) groups excluding carboxylic acids is 1. The number of aromatic nitrogens is 2. The summed E-state index contributed by atoms with van der Waals surface area (Å²) in [5, 5.41) is 4.10. The molecule has 1 aromatic heterocycles. The van der Waals surface area contributed by atoms with Crippen LogP contribution in [-0.2, 0) is 10.0 Å². The number of rotatable bonds is 5. The van der Waals surface area contributed by atoms with Crippen LogP contribution in [-0.4, -0.2) is 84.2 Å². The molecule has 0 spiro atoms. The summed E-state index contributed by atoms with van der Waals surface area (Å²) in [6.45, 7) is 7.52. The molecule has 9 nitrogen and oxygen atoms in total. The van der Waals surface area contributed by atoms with Gasteiger partial charge in [0.25, 0.3) is 0 Å². The van der Waals surface area contributed by atoms with Gasteiger partial charge in [-0.05, 0) is 26.7 Å². The van der Waals surface area contributed by atoms with Gasteiger partial charge in [-0.2, -0.15) is 4.98 Å². The lowest BCUT2D eigenvalue weighted by atomic mass is 9.97. The molecule has 2 aliphatic rings. The number of piperidine rings is 1. The molecule has 3 heterocycles. The molecule has 1 aromatic rings. The Morgan fingerprint density at radius 3 is 2.35 bits per heavy atom. The second-order valence-electron chi connectivity index (χ2n) is 6.98. The fourth-order valence-corrected chi connectivity index (χ4v) is 4.38. The van der Waals surface area contributed by atoms with Crippen LogP contribution >= 0.6 is 0 Å². The molecular formula is C16H27N5O4S. The van der Waals surface area contributed by atoms with Crippen molar-refractivity contribution in [1.29, 1.82) is 0 Å². The second kappa shape index (κ2) is 7.51. The monoisotopic (exact) mass is 385 g/mol. The fraction of sp³-hybridized carbons (Fsp3) is 0.812. The predicted molar refractivity (Wildman–Crippen MR) is 95.3 cm³/mol. The van der Waals surface area contributed by atoms with Gasteiger partial charge in [-0.3, -0.25) is 0 Å². The maximum atomic E-state index is 12.3. The van der Waals surface area contributed by atoms with Crippen molar-refractivity contribution in [1.82, 2.24) is 24.2 Å². The Balaban J connectivity index is 1.53. The van der Waals surface area contributed by atoms with Crippen molar-refractivity contribution in [3.63, 3.8) is 0 Å². The summed E-state index contributed by atoms with van der Waals surface area (Å²) in [6.07, 6.45) is 2.63. The van der Waals surface area contributed by atoms with Gasteiger partial charge in [-0.15, -0.1) is 0 Å². The van der Waals surface area contributed by atoms with Crippen LogP contribution in [0.3, 0.4) is 0 Å². The van der Waals surface area contributed by atoms with E-state index in [0.717, 1.165) is 0 Å². The zero-order valence-corrected chi connectivity index (χ0v) is 16.4. The Morgan fingerprint density at radius 1 is 1.19 bits per heavy atom. The van der Waals surface area contributed by atoms with E-state index in [0.29, 0.717) is 63.8 Å². The van der Waals surface area contributed by atoms with Gasteiger partial charge in [0.1, 0.15) is 0 Å². The third-order valence-electron chi connectivity index (χ3n) is 5.28. The van der Waals surface area contributed by atoms with Gasteiger partial charge in [-0.1, -0.05) is 5.16 Å². The van der Waals surface area contributed by atoms with E-state index in [-0.39, 0.29) is 17.9 Å². The predicted octanol–water partition coefficient (Wildman–Crippen LogP) is 1.07. The summed E-state index contributed by atoms with van der Waals surface area (Å²) in [5.41, 5.74) is 0. The Labute approximate surface area is 154 Å². The SMILES string of the molecule is CCN(CC)C(=O)N1CC(c2nc(C3CCN(S(C)(=O)=O)CC3)no2)C1. The van der Waals surface area contributed by atoms with Crippen LogP contribution in [0.15, 0.2) is 4.52 Å². The minimum atomic E-state index is -3.13. The molecule has 0 atom stereocenters. The van der Waals surface area contributed by atoms with Crippen molar-refractivity contribution >= 4 is 16.1 Å². The van der Waals surface area contributed by atoms with Crippen LogP contribution in [0.5, 0.6) is 0 Å². The first-order chi connectivity index (χ1) is 12.3. The van der Waals surface area contributed by atoms with Crippen LogP contribution in [0.1, 0.15) is 50.2 Å². The topological polar surface area (TPSA) is 99.9 Å². The molecule has 146 valence electrons. The average Bonchev–Trinajstić information content (AvgIpc) is 3.03. The second-order valence-corrected chi connectivity index (χ2v) is 8.97. The Bertz CT molecular complexity index is 732. The average molecular weight is 385 g/mol. The molecule has 2 aliphatic heterocycles. The Hall–Kier alpha value is -1.68. The van der Waals surface area contributed by atoms with E-state index in [4.69, 9.17) is 4.52 Å². The molecule has 26 heavy (non-hydrogen) atoms. The Kier molecular flexibility index (Phi) is 5.52. The van der Waals surface area contributed by atoms with E-state index in [9.17, 15) is 13.2 Å². The van der Waals surface area contributed by atoms with Gasteiger partial charge in [-0.25, -0.2) is 17.5 Å². The molecule has 3 rings (SSSR count). The molecule has 0 radical (unpaired) electrons. The van der Waals surface area contributed by atoms with Gasteiger partial charge >= 0.3 is 6.03 Å². The zero-order chi connectivity index (χ0) is 18.9. The number of hydrogen-bond donors (Lipinski definition) is 0. The van der Waals surface area contributed by atoms with Crippen molar-refractivity contribution in [3.8, 4) is 0 Å². The van der Waals surface area contributed by atoms with Crippen LogP contribution in [0.4, 0.5) is 4.79 Å². The van der Waals surface area contributed by atoms with Gasteiger partial charge < -0.3 is 14.3 Å². The molecule has 0 aliphatic carbocycles. The smallest absolute Gasteiger partial charge is 0.320 e. The van der Waals surface area contributed by atoms with E-state index >= 15 is 0 Å². The van der Waals surface area contributed by atoms with E-state index in [1.807, 2.05) is 13.8 Å². The minimum Gasteiger partial charge on any atom is -0.339 e. The van der Waals surface area contributed by atoms with E-state index in [2.05, 4.69) is 10.1 Å². The number of sulfonamides is 1. The normalized spacial score (nSPS) is 20.2. The Morgan fingerprint density at radius 2 is 1.81 bits per heavy atom. The summed E-state index contributed by atoms with van der Waals surface area (Å²) < 4.78 is 30.1. The fourth-order valence-electron chi connectivity index (χ4n) is 3.51. The minimum absolute atomic E-state index is 0.0548. The molecule has 2 amide bonds. The van der Waals surface area contributed by atoms with E-state index < -0.39 is 10.0 Å². The lowest BCUT2D eigenvalue weighted by Gasteiger charge is -2.39. The molecule has 0 aromatic carbocycles. The van der Waals surface area contributed by atoms with Crippen molar-refractivity contribution in [2.45, 2.75) is 38.5 Å². The largest absolute Gasteiger partial charge is 0.339 e. The quantitative estimate of drug-likeness (QED) is 0.752. The van der Waals surface area contributed by atoms with Crippen LogP contribution in [0.2, 0.25) is 0 Å². The van der Waals surface area contributed by atoms with Crippen molar-refractivity contribution in [3.05, 3.63) is 11.7 Å². The number of carbonyl (C=O) groups is 1. The van der Waals surface area contributed by atoms with Crippen molar-refractivity contribution < 1.29 is 17.7 Å². The van der Waals surface area contributed by atoms with Crippen molar-refractivity contribution in [2.24, 2.45) is 0 Å². The van der Waals surface area contributed by atoms with Gasteiger partial charge in [0.15, 0.2) is 5.82 Å². The maximum absolute atomic E-state index is 12.3. The molecule has 10 heteroatoms. The summed E-state index contributed by atoms with van der Waals surface area (Å²) in [4.78, 5) is 20.4. The zero-order valence-electron chi connectivity index (χ0n) is 15.6. The number of likely N-dealkylation sites (tertiary alicyclic amines) is 1. The molecule has 2 fully saturated rings. The van der Waals surface area contributed by atoms with E-state index in [1.54, 1.807) is 9.80 Å². The molecule has 0 unspecified atom stereocenters. The number of nitrogens with zero attached hydrogens (tertiary/aromatic N) is 5. The summed E-state index contributed by atoms with van der Waals surface area (Å²) in [7, 11) is -3.13. The van der Waals surface area contributed by atoms with Crippen molar-refractivity contribution in [2.75, 3.05) is 45.5 Å². The van der Waals surface area contributed by atoms with Crippen LogP contribution in [0.25, 0.3) is 0 Å². The highest BCUT2D eigenvalue weighted by atomic mass is 32.2. The summed E-state index contributed by atoms with van der Waals surface area (Å²) in [5.74, 6) is 1.45.